The molecular formula is C14H17BrO4. The minimum absolute atomic E-state index is 0.190. The van der Waals surface area contributed by atoms with Crippen LogP contribution in [0.4, 0.5) is 0 Å². The van der Waals surface area contributed by atoms with E-state index in [4.69, 9.17) is 14.6 Å². The van der Waals surface area contributed by atoms with Gasteiger partial charge in [0.1, 0.15) is 13.2 Å². The Morgan fingerprint density at radius 3 is 2.84 bits per heavy atom. The summed E-state index contributed by atoms with van der Waals surface area (Å²) in [6, 6.07) is 1.99. The number of fused-ring (bicyclic) bond motifs is 1. The lowest BCUT2D eigenvalue weighted by atomic mass is 9.99. The van der Waals surface area contributed by atoms with Crippen molar-refractivity contribution in [3.63, 3.8) is 0 Å². The number of aliphatic carboxylic acids is 1. The van der Waals surface area contributed by atoms with Gasteiger partial charge in [0, 0.05) is 6.42 Å². The van der Waals surface area contributed by atoms with Gasteiger partial charge in [-0.2, -0.15) is 0 Å². The van der Waals surface area contributed by atoms with Crippen molar-refractivity contribution >= 4 is 21.9 Å². The molecule has 0 amide bonds. The number of carbonyl (C=O) groups is 1. The molecule has 0 radical (unpaired) electrons. The first-order valence-electron chi connectivity index (χ1n) is 6.45. The summed E-state index contributed by atoms with van der Waals surface area (Å²) in [4.78, 5) is 10.6. The Morgan fingerprint density at radius 2 is 2.16 bits per heavy atom. The van der Waals surface area contributed by atoms with Gasteiger partial charge in [-0.1, -0.05) is 6.92 Å². The van der Waals surface area contributed by atoms with Gasteiger partial charge in [-0.15, -0.1) is 0 Å². The predicted octanol–water partition coefficient (Wildman–Crippen LogP) is 3.19. The van der Waals surface area contributed by atoms with Crippen molar-refractivity contribution in [2.75, 3.05) is 13.2 Å². The lowest BCUT2D eigenvalue weighted by Gasteiger charge is -2.23. The number of hydrogen-bond donors (Lipinski definition) is 1. The third-order valence-corrected chi connectivity index (χ3v) is 4.00. The van der Waals surface area contributed by atoms with Crippen LogP contribution in [-0.2, 0) is 17.6 Å². The van der Waals surface area contributed by atoms with Gasteiger partial charge in [-0.3, -0.25) is 4.79 Å². The first-order valence-corrected chi connectivity index (χ1v) is 7.24. The van der Waals surface area contributed by atoms with E-state index < -0.39 is 5.97 Å². The Balaban J connectivity index is 2.26. The molecule has 0 saturated carbocycles. The molecule has 0 saturated heterocycles. The second kappa shape index (κ2) is 6.28. The molecule has 0 unspecified atom stereocenters. The normalized spacial score (nSPS) is 13.4. The van der Waals surface area contributed by atoms with Crippen LogP contribution in [0.5, 0.6) is 11.5 Å². The van der Waals surface area contributed by atoms with Gasteiger partial charge in [0.05, 0.1) is 4.47 Å². The van der Waals surface area contributed by atoms with Gasteiger partial charge >= 0.3 is 5.97 Å². The summed E-state index contributed by atoms with van der Waals surface area (Å²) in [5, 5.41) is 8.71. The highest BCUT2D eigenvalue weighted by Crippen LogP contribution is 2.42. The topological polar surface area (TPSA) is 55.8 Å². The molecule has 5 heteroatoms. The molecule has 1 aliphatic heterocycles. The number of carboxylic acid groups (broad SMARTS) is 1. The zero-order chi connectivity index (χ0) is 13.8. The van der Waals surface area contributed by atoms with Gasteiger partial charge in [-0.25, -0.2) is 0 Å². The van der Waals surface area contributed by atoms with Crippen molar-refractivity contribution in [3.8, 4) is 11.5 Å². The van der Waals surface area contributed by atoms with Crippen LogP contribution in [0.25, 0.3) is 0 Å². The van der Waals surface area contributed by atoms with Crippen LogP contribution >= 0.6 is 15.9 Å². The van der Waals surface area contributed by atoms with Crippen LogP contribution in [0.1, 0.15) is 30.9 Å². The fourth-order valence-electron chi connectivity index (χ4n) is 2.27. The second-order valence-electron chi connectivity index (χ2n) is 4.45. The third-order valence-electron chi connectivity index (χ3n) is 3.16. The fraction of sp³-hybridized carbons (Fsp3) is 0.500. The average Bonchev–Trinajstić information content (AvgIpc) is 2.39. The quantitative estimate of drug-likeness (QED) is 0.901. The lowest BCUT2D eigenvalue weighted by molar-refractivity contribution is -0.137. The van der Waals surface area contributed by atoms with E-state index in [9.17, 15) is 4.79 Å². The van der Waals surface area contributed by atoms with E-state index in [1.807, 2.05) is 6.07 Å². The van der Waals surface area contributed by atoms with Gasteiger partial charge in [-0.05, 0) is 52.4 Å². The SMILES string of the molecule is CCc1c(CCCC(=O)O)cc2c(c1Br)OCCO2. The number of hydrogen-bond acceptors (Lipinski definition) is 3. The zero-order valence-electron chi connectivity index (χ0n) is 10.9. The molecule has 0 fully saturated rings. The first kappa shape index (κ1) is 14.2. The van der Waals surface area contributed by atoms with Crippen molar-refractivity contribution in [3.05, 3.63) is 21.7 Å². The van der Waals surface area contributed by atoms with Gasteiger partial charge < -0.3 is 14.6 Å². The Kier molecular flexibility index (Phi) is 4.69. The number of rotatable bonds is 5. The molecule has 104 valence electrons. The van der Waals surface area contributed by atoms with E-state index >= 15 is 0 Å². The van der Waals surface area contributed by atoms with Gasteiger partial charge in [0.15, 0.2) is 11.5 Å². The number of carboxylic acids is 1. The lowest BCUT2D eigenvalue weighted by Crippen LogP contribution is -2.17. The highest BCUT2D eigenvalue weighted by molar-refractivity contribution is 9.10. The van der Waals surface area contributed by atoms with E-state index in [1.54, 1.807) is 0 Å². The molecular weight excluding hydrogens is 312 g/mol. The summed E-state index contributed by atoms with van der Waals surface area (Å²) < 4.78 is 12.2. The number of benzene rings is 1. The van der Waals surface area contributed by atoms with Crippen molar-refractivity contribution in [1.29, 1.82) is 0 Å². The first-order chi connectivity index (χ1) is 9.13. The maximum Gasteiger partial charge on any atom is 0.303 e. The van der Waals surface area contributed by atoms with Crippen LogP contribution in [0.2, 0.25) is 0 Å². The van der Waals surface area contributed by atoms with Gasteiger partial charge in [0.25, 0.3) is 0 Å². The maximum absolute atomic E-state index is 10.6. The highest BCUT2D eigenvalue weighted by Gasteiger charge is 2.20. The second-order valence-corrected chi connectivity index (χ2v) is 5.25. The van der Waals surface area contributed by atoms with Crippen molar-refractivity contribution in [2.45, 2.75) is 32.6 Å². The number of halogens is 1. The van der Waals surface area contributed by atoms with Gasteiger partial charge in [0.2, 0.25) is 0 Å². The van der Waals surface area contributed by atoms with Crippen LogP contribution in [0.15, 0.2) is 10.5 Å². The number of aryl methyl sites for hydroxylation is 1. The largest absolute Gasteiger partial charge is 0.486 e. The molecule has 1 heterocycles. The minimum atomic E-state index is -0.755. The molecule has 4 nitrogen and oxygen atoms in total. The maximum atomic E-state index is 10.6. The summed E-state index contributed by atoms with van der Waals surface area (Å²) in [6.45, 7) is 3.20. The highest BCUT2D eigenvalue weighted by atomic mass is 79.9. The summed E-state index contributed by atoms with van der Waals surface area (Å²) in [6.07, 6.45) is 2.44. The van der Waals surface area contributed by atoms with E-state index in [0.717, 1.165) is 34.4 Å². The Hall–Kier alpha value is -1.23. The van der Waals surface area contributed by atoms with Crippen LogP contribution in [-0.4, -0.2) is 24.3 Å². The molecule has 1 aliphatic rings. The molecule has 0 atom stereocenters. The molecule has 1 aromatic rings. The molecule has 19 heavy (non-hydrogen) atoms. The molecule has 1 aromatic carbocycles. The average molecular weight is 329 g/mol. The zero-order valence-corrected chi connectivity index (χ0v) is 12.5. The summed E-state index contributed by atoms with van der Waals surface area (Å²) in [5.74, 6) is 0.764. The van der Waals surface area contributed by atoms with E-state index in [-0.39, 0.29) is 6.42 Å². The minimum Gasteiger partial charge on any atom is -0.486 e. The van der Waals surface area contributed by atoms with Crippen molar-refractivity contribution < 1.29 is 19.4 Å². The Labute approximate surface area is 120 Å². The van der Waals surface area contributed by atoms with Crippen LogP contribution in [0.3, 0.4) is 0 Å². The summed E-state index contributed by atoms with van der Waals surface area (Å²) in [5.41, 5.74) is 2.31. The van der Waals surface area contributed by atoms with Crippen LogP contribution in [0, 0.1) is 0 Å². The van der Waals surface area contributed by atoms with E-state index in [2.05, 4.69) is 22.9 Å². The van der Waals surface area contributed by atoms with Crippen LogP contribution < -0.4 is 9.47 Å². The molecule has 1 N–H and O–H groups in total. The summed E-state index contributed by atoms with van der Waals surface area (Å²) in [7, 11) is 0. The third kappa shape index (κ3) is 3.21. The predicted molar refractivity (Wildman–Crippen MR) is 75.1 cm³/mol. The van der Waals surface area contributed by atoms with E-state index in [1.165, 1.54) is 5.56 Å². The monoisotopic (exact) mass is 328 g/mol. The Bertz CT molecular complexity index is 485. The van der Waals surface area contributed by atoms with Crippen molar-refractivity contribution in [2.24, 2.45) is 0 Å². The van der Waals surface area contributed by atoms with Crippen molar-refractivity contribution in [1.82, 2.24) is 0 Å². The van der Waals surface area contributed by atoms with E-state index in [0.29, 0.717) is 19.6 Å². The standard InChI is InChI=1S/C14H17BrO4/c1-2-10-9(4-3-5-12(16)17)8-11-14(13(10)15)19-7-6-18-11/h8H,2-7H2,1H3,(H,16,17). The molecule has 2 rings (SSSR count). The smallest absolute Gasteiger partial charge is 0.303 e. The molecule has 0 aromatic heterocycles. The Morgan fingerprint density at radius 1 is 1.42 bits per heavy atom. The number of ether oxygens (including phenoxy) is 2. The summed E-state index contributed by atoms with van der Waals surface area (Å²) >= 11 is 3.58. The molecule has 0 spiro atoms. The molecule has 0 aliphatic carbocycles. The fourth-order valence-corrected chi connectivity index (χ4v) is 3.11. The molecule has 0 bridgehead atoms.